The van der Waals surface area contributed by atoms with Crippen LogP contribution in [0.5, 0.6) is 0 Å². The molecular weight excluding hydrogens is 196 g/mol. The van der Waals surface area contributed by atoms with Gasteiger partial charge >= 0.3 is 0 Å². The van der Waals surface area contributed by atoms with E-state index >= 15 is 0 Å². The van der Waals surface area contributed by atoms with Gasteiger partial charge in [0.15, 0.2) is 0 Å². The fraction of sp³-hybridized carbons (Fsp3) is 0.929. The number of amidine groups is 1. The Balaban J connectivity index is 2.13. The standard InChI is InChI=1S/C14H26N2/c1-13(2)8-11(9-14(3,4)10-13)16-7-5-6-12(16)15/h11,15H,5-10H2,1-4H3. The normalized spacial score (nSPS) is 29.8. The summed E-state index contributed by atoms with van der Waals surface area (Å²) in [5, 5.41) is 8.03. The highest BCUT2D eigenvalue weighted by Crippen LogP contribution is 2.47. The Kier molecular flexibility index (Phi) is 2.80. The summed E-state index contributed by atoms with van der Waals surface area (Å²) in [6.07, 6.45) is 6.03. The zero-order valence-corrected chi connectivity index (χ0v) is 11.3. The molecule has 2 rings (SSSR count). The van der Waals surface area contributed by atoms with Crippen molar-refractivity contribution in [3.8, 4) is 0 Å². The molecule has 92 valence electrons. The summed E-state index contributed by atoms with van der Waals surface area (Å²) in [5.74, 6) is 0.888. The van der Waals surface area contributed by atoms with Crippen molar-refractivity contribution in [1.82, 2.24) is 4.90 Å². The Morgan fingerprint density at radius 3 is 2.12 bits per heavy atom. The Bertz CT molecular complexity index is 275. The third-order valence-electron chi connectivity index (χ3n) is 4.13. The van der Waals surface area contributed by atoms with E-state index in [0.717, 1.165) is 18.8 Å². The maximum Gasteiger partial charge on any atom is 0.0960 e. The largest absolute Gasteiger partial charge is 0.358 e. The van der Waals surface area contributed by atoms with Crippen LogP contribution in [0.1, 0.15) is 59.8 Å². The summed E-state index contributed by atoms with van der Waals surface area (Å²) in [6, 6.07) is 0.619. The van der Waals surface area contributed by atoms with Gasteiger partial charge < -0.3 is 4.90 Å². The quantitative estimate of drug-likeness (QED) is 0.720. The molecule has 2 aliphatic rings. The Morgan fingerprint density at radius 2 is 1.69 bits per heavy atom. The van der Waals surface area contributed by atoms with Gasteiger partial charge in [-0.05, 0) is 36.5 Å². The molecule has 0 amide bonds. The van der Waals surface area contributed by atoms with Crippen LogP contribution in [-0.4, -0.2) is 23.3 Å². The molecule has 0 radical (unpaired) electrons. The molecule has 0 unspecified atom stereocenters. The smallest absolute Gasteiger partial charge is 0.0960 e. The molecule has 1 heterocycles. The SMILES string of the molecule is CC1(C)CC(N2CCCC2=N)CC(C)(C)C1. The number of hydrogen-bond acceptors (Lipinski definition) is 1. The van der Waals surface area contributed by atoms with Gasteiger partial charge in [-0.15, -0.1) is 0 Å². The minimum absolute atomic E-state index is 0.440. The number of hydrogen-bond donors (Lipinski definition) is 1. The zero-order valence-electron chi connectivity index (χ0n) is 11.3. The number of rotatable bonds is 1. The van der Waals surface area contributed by atoms with Gasteiger partial charge in [0.25, 0.3) is 0 Å². The highest BCUT2D eigenvalue weighted by atomic mass is 15.2. The van der Waals surface area contributed by atoms with Crippen molar-refractivity contribution in [1.29, 1.82) is 5.41 Å². The molecule has 0 atom stereocenters. The van der Waals surface area contributed by atoms with Crippen molar-refractivity contribution in [2.24, 2.45) is 10.8 Å². The molecule has 16 heavy (non-hydrogen) atoms. The van der Waals surface area contributed by atoms with Crippen LogP contribution in [0.4, 0.5) is 0 Å². The molecule has 2 nitrogen and oxygen atoms in total. The van der Waals surface area contributed by atoms with Gasteiger partial charge in [0.2, 0.25) is 0 Å². The lowest BCUT2D eigenvalue weighted by Crippen LogP contribution is -2.46. The lowest BCUT2D eigenvalue weighted by atomic mass is 9.63. The van der Waals surface area contributed by atoms with Crippen LogP contribution in [0, 0.1) is 16.2 Å². The van der Waals surface area contributed by atoms with E-state index in [9.17, 15) is 0 Å². The first kappa shape index (κ1) is 11.9. The molecule has 0 spiro atoms. The number of nitrogens with one attached hydrogen (secondary N) is 1. The maximum atomic E-state index is 8.03. The van der Waals surface area contributed by atoms with Gasteiger partial charge in [0, 0.05) is 19.0 Å². The van der Waals surface area contributed by atoms with E-state index in [1.54, 1.807) is 0 Å². The monoisotopic (exact) mass is 222 g/mol. The predicted molar refractivity (Wildman–Crippen MR) is 68.9 cm³/mol. The Labute approximate surface area is 99.9 Å². The molecule has 0 aromatic rings. The van der Waals surface area contributed by atoms with Crippen molar-refractivity contribution in [2.45, 2.75) is 65.8 Å². The van der Waals surface area contributed by atoms with Crippen LogP contribution in [0.15, 0.2) is 0 Å². The minimum Gasteiger partial charge on any atom is -0.358 e. The third kappa shape index (κ3) is 2.41. The highest BCUT2D eigenvalue weighted by molar-refractivity contribution is 5.81. The molecule has 1 saturated carbocycles. The van der Waals surface area contributed by atoms with Gasteiger partial charge in [-0.1, -0.05) is 27.7 Å². The molecule has 1 aliphatic carbocycles. The Morgan fingerprint density at radius 1 is 1.12 bits per heavy atom. The van der Waals surface area contributed by atoms with E-state index in [1.807, 2.05) is 0 Å². The van der Waals surface area contributed by atoms with Crippen LogP contribution in [0.25, 0.3) is 0 Å². The fourth-order valence-corrected chi connectivity index (χ4v) is 4.11. The summed E-state index contributed by atoms with van der Waals surface area (Å²) in [5.41, 5.74) is 0.880. The van der Waals surface area contributed by atoms with E-state index in [2.05, 4.69) is 32.6 Å². The summed E-state index contributed by atoms with van der Waals surface area (Å²) < 4.78 is 0. The second-order valence-electron chi connectivity index (χ2n) is 7.31. The minimum atomic E-state index is 0.440. The average Bonchev–Trinajstić information content (AvgIpc) is 2.45. The van der Waals surface area contributed by atoms with Gasteiger partial charge in [0.1, 0.15) is 0 Å². The van der Waals surface area contributed by atoms with E-state index in [0.29, 0.717) is 16.9 Å². The van der Waals surface area contributed by atoms with E-state index in [1.165, 1.54) is 25.7 Å². The average molecular weight is 222 g/mol. The first-order valence-corrected chi connectivity index (χ1v) is 6.63. The second kappa shape index (κ2) is 3.75. The molecular formula is C14H26N2. The van der Waals surface area contributed by atoms with E-state index in [-0.39, 0.29) is 0 Å². The summed E-state index contributed by atoms with van der Waals surface area (Å²) in [7, 11) is 0. The third-order valence-corrected chi connectivity index (χ3v) is 4.13. The molecule has 1 saturated heterocycles. The van der Waals surface area contributed by atoms with Crippen LogP contribution >= 0.6 is 0 Å². The summed E-state index contributed by atoms with van der Waals surface area (Å²) >= 11 is 0. The second-order valence-corrected chi connectivity index (χ2v) is 7.31. The van der Waals surface area contributed by atoms with Gasteiger partial charge in [-0.3, -0.25) is 5.41 Å². The van der Waals surface area contributed by atoms with Crippen LogP contribution in [0.2, 0.25) is 0 Å². The molecule has 2 fully saturated rings. The Hall–Kier alpha value is -0.530. The molecule has 0 bridgehead atoms. The van der Waals surface area contributed by atoms with E-state index in [4.69, 9.17) is 5.41 Å². The first-order valence-electron chi connectivity index (χ1n) is 6.63. The van der Waals surface area contributed by atoms with Crippen LogP contribution in [0.3, 0.4) is 0 Å². The van der Waals surface area contributed by atoms with Crippen molar-refractivity contribution in [3.05, 3.63) is 0 Å². The molecule has 1 N–H and O–H groups in total. The molecule has 1 aliphatic heterocycles. The summed E-state index contributed by atoms with van der Waals surface area (Å²) in [6.45, 7) is 10.7. The molecule has 2 heteroatoms. The molecule has 0 aromatic carbocycles. The van der Waals surface area contributed by atoms with Gasteiger partial charge in [-0.2, -0.15) is 0 Å². The molecule has 0 aromatic heterocycles. The van der Waals surface area contributed by atoms with Crippen molar-refractivity contribution >= 4 is 5.84 Å². The fourth-order valence-electron chi connectivity index (χ4n) is 4.11. The lowest BCUT2D eigenvalue weighted by molar-refractivity contribution is 0.0546. The van der Waals surface area contributed by atoms with Crippen molar-refractivity contribution < 1.29 is 0 Å². The zero-order chi connectivity index (χ0) is 12.0. The van der Waals surface area contributed by atoms with E-state index < -0.39 is 0 Å². The van der Waals surface area contributed by atoms with Crippen LogP contribution < -0.4 is 0 Å². The summed E-state index contributed by atoms with van der Waals surface area (Å²) in [4.78, 5) is 2.38. The number of likely N-dealkylation sites (tertiary alicyclic amines) is 1. The van der Waals surface area contributed by atoms with Gasteiger partial charge in [0.05, 0.1) is 5.84 Å². The van der Waals surface area contributed by atoms with Crippen LogP contribution in [-0.2, 0) is 0 Å². The predicted octanol–water partition coefficient (Wildman–Crippen LogP) is 3.66. The first-order chi connectivity index (χ1) is 7.29. The maximum absolute atomic E-state index is 8.03. The van der Waals surface area contributed by atoms with Gasteiger partial charge in [-0.25, -0.2) is 0 Å². The van der Waals surface area contributed by atoms with Crippen molar-refractivity contribution in [2.75, 3.05) is 6.54 Å². The number of nitrogens with zero attached hydrogens (tertiary/aromatic N) is 1. The van der Waals surface area contributed by atoms with Crippen molar-refractivity contribution in [3.63, 3.8) is 0 Å². The lowest BCUT2D eigenvalue weighted by Gasteiger charge is -2.48. The highest BCUT2D eigenvalue weighted by Gasteiger charge is 2.41. The topological polar surface area (TPSA) is 27.1 Å².